The maximum absolute atomic E-state index is 12.1. The number of carbonyl (C=O) groups is 2. The van der Waals surface area contributed by atoms with Crippen LogP contribution in [0.1, 0.15) is 17.3 Å². The third-order valence-corrected chi connectivity index (χ3v) is 2.93. The summed E-state index contributed by atoms with van der Waals surface area (Å²) in [6.07, 6.45) is 2.79. The first-order valence-electron chi connectivity index (χ1n) is 6.01. The minimum Gasteiger partial charge on any atom is -0.472 e. The zero-order chi connectivity index (χ0) is 13.0. The number of hydrogen-bond donors (Lipinski definition) is 2. The molecule has 2 rings (SSSR count). The maximum Gasteiger partial charge on any atom is 0.255 e. The summed E-state index contributed by atoms with van der Waals surface area (Å²) in [6, 6.07) is 1.04. The van der Waals surface area contributed by atoms with Crippen LogP contribution in [-0.2, 0) is 4.79 Å². The third-order valence-electron chi connectivity index (χ3n) is 2.93. The van der Waals surface area contributed by atoms with Crippen molar-refractivity contribution in [1.82, 2.24) is 15.5 Å². The van der Waals surface area contributed by atoms with E-state index in [0.29, 0.717) is 18.7 Å². The number of carbonyl (C=O) groups excluding carboxylic acids is 2. The van der Waals surface area contributed by atoms with Gasteiger partial charge in [0, 0.05) is 26.2 Å². The van der Waals surface area contributed by atoms with E-state index in [9.17, 15) is 9.59 Å². The molecule has 18 heavy (non-hydrogen) atoms. The fourth-order valence-corrected chi connectivity index (χ4v) is 1.89. The van der Waals surface area contributed by atoms with Crippen molar-refractivity contribution >= 4 is 11.8 Å². The second-order valence-corrected chi connectivity index (χ2v) is 4.28. The van der Waals surface area contributed by atoms with Gasteiger partial charge >= 0.3 is 0 Å². The van der Waals surface area contributed by atoms with Gasteiger partial charge in [-0.1, -0.05) is 0 Å². The van der Waals surface area contributed by atoms with Gasteiger partial charge in [-0.05, 0) is 13.0 Å². The molecule has 6 nitrogen and oxygen atoms in total. The molecule has 0 radical (unpaired) electrons. The fraction of sp³-hybridized carbons (Fsp3) is 0.500. The van der Waals surface area contributed by atoms with Crippen LogP contribution in [0.15, 0.2) is 23.0 Å². The molecule has 0 bridgehead atoms. The number of nitrogens with zero attached hydrogens (tertiary/aromatic N) is 1. The lowest BCUT2D eigenvalue weighted by Gasteiger charge is -2.29. The summed E-state index contributed by atoms with van der Waals surface area (Å²) in [7, 11) is 0. The normalized spacial score (nSPS) is 17.3. The predicted octanol–water partition coefficient (Wildman–Crippen LogP) is -0.170. The van der Waals surface area contributed by atoms with Crippen LogP contribution in [0.2, 0.25) is 0 Å². The zero-order valence-electron chi connectivity index (χ0n) is 10.3. The molecule has 0 aromatic carbocycles. The highest BCUT2D eigenvalue weighted by atomic mass is 16.3. The Morgan fingerprint density at radius 2 is 2.17 bits per heavy atom. The summed E-state index contributed by atoms with van der Waals surface area (Å²) >= 11 is 0. The highest BCUT2D eigenvalue weighted by Gasteiger charge is 2.23. The Morgan fingerprint density at radius 1 is 1.44 bits per heavy atom. The van der Waals surface area contributed by atoms with Gasteiger partial charge in [-0.3, -0.25) is 9.59 Å². The van der Waals surface area contributed by atoms with E-state index in [-0.39, 0.29) is 11.8 Å². The molecule has 1 saturated heterocycles. The maximum atomic E-state index is 12.1. The molecule has 1 unspecified atom stereocenters. The SMILES string of the molecule is CC(NC(=O)c1ccoc1)C(=O)N1CCNCC1. The van der Waals surface area contributed by atoms with Gasteiger partial charge in [-0.2, -0.15) is 0 Å². The highest BCUT2D eigenvalue weighted by molar-refractivity contribution is 5.97. The zero-order valence-corrected chi connectivity index (χ0v) is 10.3. The van der Waals surface area contributed by atoms with E-state index in [2.05, 4.69) is 10.6 Å². The van der Waals surface area contributed by atoms with E-state index in [0.717, 1.165) is 13.1 Å². The molecule has 1 aromatic heterocycles. The van der Waals surface area contributed by atoms with E-state index < -0.39 is 6.04 Å². The second kappa shape index (κ2) is 5.68. The Hall–Kier alpha value is -1.82. The van der Waals surface area contributed by atoms with E-state index in [1.54, 1.807) is 17.9 Å². The van der Waals surface area contributed by atoms with Gasteiger partial charge in [-0.25, -0.2) is 0 Å². The van der Waals surface area contributed by atoms with Gasteiger partial charge in [0.15, 0.2) is 0 Å². The summed E-state index contributed by atoms with van der Waals surface area (Å²) in [5.41, 5.74) is 0.426. The Bertz CT molecular complexity index is 410. The van der Waals surface area contributed by atoms with Crippen LogP contribution < -0.4 is 10.6 Å². The molecule has 6 heteroatoms. The highest BCUT2D eigenvalue weighted by Crippen LogP contribution is 2.02. The first-order chi connectivity index (χ1) is 8.68. The van der Waals surface area contributed by atoms with E-state index >= 15 is 0 Å². The largest absolute Gasteiger partial charge is 0.472 e. The standard InChI is InChI=1S/C12H17N3O3/c1-9(12(17)15-5-3-13-4-6-15)14-11(16)10-2-7-18-8-10/h2,7-9,13H,3-6H2,1H3,(H,14,16). The van der Waals surface area contributed by atoms with Crippen molar-refractivity contribution in [3.63, 3.8) is 0 Å². The van der Waals surface area contributed by atoms with Crippen molar-refractivity contribution < 1.29 is 14.0 Å². The van der Waals surface area contributed by atoms with Crippen LogP contribution in [-0.4, -0.2) is 48.9 Å². The quantitative estimate of drug-likeness (QED) is 0.782. The lowest BCUT2D eigenvalue weighted by Crippen LogP contribution is -2.53. The van der Waals surface area contributed by atoms with Crippen LogP contribution in [0.3, 0.4) is 0 Å². The second-order valence-electron chi connectivity index (χ2n) is 4.28. The molecule has 1 aliphatic rings. The molecule has 1 aromatic rings. The average molecular weight is 251 g/mol. The minimum absolute atomic E-state index is 0.0478. The Kier molecular flexibility index (Phi) is 3.99. The van der Waals surface area contributed by atoms with Crippen molar-refractivity contribution in [3.8, 4) is 0 Å². The summed E-state index contributed by atoms with van der Waals surface area (Å²) in [5.74, 6) is -0.340. The molecule has 0 spiro atoms. The minimum atomic E-state index is -0.523. The van der Waals surface area contributed by atoms with E-state index in [1.165, 1.54) is 12.5 Å². The van der Waals surface area contributed by atoms with Crippen LogP contribution in [0.4, 0.5) is 0 Å². The fourth-order valence-electron chi connectivity index (χ4n) is 1.89. The molecule has 0 aliphatic carbocycles. The number of furan rings is 1. The molecule has 1 aliphatic heterocycles. The van der Waals surface area contributed by atoms with Crippen LogP contribution in [0.5, 0.6) is 0 Å². The van der Waals surface area contributed by atoms with Crippen molar-refractivity contribution in [3.05, 3.63) is 24.2 Å². The number of piperazine rings is 1. The van der Waals surface area contributed by atoms with Gasteiger partial charge in [0.05, 0.1) is 11.8 Å². The Balaban J connectivity index is 1.88. The number of rotatable bonds is 3. The lowest BCUT2D eigenvalue weighted by molar-refractivity contribution is -0.133. The van der Waals surface area contributed by atoms with E-state index in [1.807, 2.05) is 0 Å². The topological polar surface area (TPSA) is 74.6 Å². The summed E-state index contributed by atoms with van der Waals surface area (Å²) in [5, 5.41) is 5.85. The Labute approximate surface area is 105 Å². The monoisotopic (exact) mass is 251 g/mol. The van der Waals surface area contributed by atoms with Crippen molar-refractivity contribution in [2.24, 2.45) is 0 Å². The number of amides is 2. The lowest BCUT2D eigenvalue weighted by atomic mass is 10.2. The van der Waals surface area contributed by atoms with Gasteiger partial charge < -0.3 is 20.0 Å². The van der Waals surface area contributed by atoms with Crippen LogP contribution in [0, 0.1) is 0 Å². The number of hydrogen-bond acceptors (Lipinski definition) is 4. The average Bonchev–Trinajstić information content (AvgIpc) is 2.92. The molecule has 0 saturated carbocycles. The van der Waals surface area contributed by atoms with Gasteiger partial charge in [-0.15, -0.1) is 0 Å². The molecule has 1 fully saturated rings. The molecular weight excluding hydrogens is 234 g/mol. The first-order valence-corrected chi connectivity index (χ1v) is 6.01. The van der Waals surface area contributed by atoms with Crippen molar-refractivity contribution in [1.29, 1.82) is 0 Å². The summed E-state index contributed by atoms with van der Waals surface area (Å²) in [6.45, 7) is 4.67. The third kappa shape index (κ3) is 2.89. The van der Waals surface area contributed by atoms with Crippen molar-refractivity contribution in [2.75, 3.05) is 26.2 Å². The van der Waals surface area contributed by atoms with Crippen molar-refractivity contribution in [2.45, 2.75) is 13.0 Å². The molecule has 1 atom stereocenters. The van der Waals surface area contributed by atoms with E-state index in [4.69, 9.17) is 4.42 Å². The molecule has 98 valence electrons. The predicted molar refractivity (Wildman–Crippen MR) is 65.1 cm³/mol. The first kappa shape index (κ1) is 12.6. The molecule has 2 amide bonds. The van der Waals surface area contributed by atoms with Crippen LogP contribution >= 0.6 is 0 Å². The van der Waals surface area contributed by atoms with Crippen LogP contribution in [0.25, 0.3) is 0 Å². The Morgan fingerprint density at radius 3 is 2.78 bits per heavy atom. The smallest absolute Gasteiger partial charge is 0.255 e. The van der Waals surface area contributed by atoms with Gasteiger partial charge in [0.25, 0.3) is 5.91 Å². The van der Waals surface area contributed by atoms with Gasteiger partial charge in [0.1, 0.15) is 12.3 Å². The molecule has 2 heterocycles. The summed E-state index contributed by atoms with van der Waals surface area (Å²) < 4.78 is 4.83. The summed E-state index contributed by atoms with van der Waals surface area (Å²) in [4.78, 5) is 25.6. The molecule has 2 N–H and O–H groups in total. The van der Waals surface area contributed by atoms with Gasteiger partial charge in [0.2, 0.25) is 5.91 Å². The molecular formula is C12H17N3O3. The number of nitrogens with one attached hydrogen (secondary N) is 2.